The van der Waals surface area contributed by atoms with E-state index in [0.717, 1.165) is 27.7 Å². The van der Waals surface area contributed by atoms with Gasteiger partial charge in [0.1, 0.15) is 12.1 Å². The minimum absolute atomic E-state index is 0.199. The predicted molar refractivity (Wildman–Crippen MR) is 127 cm³/mol. The molecule has 1 fully saturated rings. The summed E-state index contributed by atoms with van der Waals surface area (Å²) in [5, 5.41) is 2.82. The molecule has 2 heterocycles. The van der Waals surface area contributed by atoms with Crippen LogP contribution >= 0.6 is 0 Å². The molecule has 1 aliphatic rings. The van der Waals surface area contributed by atoms with Crippen molar-refractivity contribution in [1.29, 1.82) is 0 Å². The molecular formula is C25H29BN2O5. The first-order valence-corrected chi connectivity index (χ1v) is 11.0. The summed E-state index contributed by atoms with van der Waals surface area (Å²) in [5.41, 5.74) is 3.08. The summed E-state index contributed by atoms with van der Waals surface area (Å²) in [6.07, 6.45) is 1.44. The Morgan fingerprint density at radius 3 is 2.48 bits per heavy atom. The molecule has 1 amide bonds. The molecule has 4 rings (SSSR count). The van der Waals surface area contributed by atoms with E-state index in [1.807, 2.05) is 89.2 Å². The van der Waals surface area contributed by atoms with Crippen molar-refractivity contribution in [3.8, 4) is 0 Å². The van der Waals surface area contributed by atoms with E-state index in [0.29, 0.717) is 5.89 Å². The summed E-state index contributed by atoms with van der Waals surface area (Å²) < 4.78 is 23.4. The Hall–Kier alpha value is -3.10. The number of aryl methyl sites for hydroxylation is 1. The maximum absolute atomic E-state index is 12.4. The van der Waals surface area contributed by atoms with Gasteiger partial charge in [-0.1, -0.05) is 42.5 Å². The number of carbonyl (C=O) groups excluding carboxylic acids is 1. The van der Waals surface area contributed by atoms with Crippen LogP contribution in [-0.4, -0.2) is 35.9 Å². The normalized spacial score (nSPS) is 17.4. The lowest BCUT2D eigenvalue weighted by Gasteiger charge is -2.32. The number of oxazole rings is 1. The van der Waals surface area contributed by atoms with Gasteiger partial charge in [-0.15, -0.1) is 0 Å². The summed E-state index contributed by atoms with van der Waals surface area (Å²) in [5.74, 6) is 0.611. The highest BCUT2D eigenvalue weighted by molar-refractivity contribution is 6.56. The number of carbonyl (C=O) groups is 1. The standard InChI is InChI=1S/C25H29BN2O5/c1-17-28-21-14-19(11-12-22(21)31-17)13-20(26-32-24(2,3)25(4,5)33-26)15-27-23(29)30-16-18-9-7-6-8-10-18/h6-14H,15-16H2,1-5H3,(H,27,29). The monoisotopic (exact) mass is 448 g/mol. The van der Waals surface area contributed by atoms with Crippen LogP contribution in [0.3, 0.4) is 0 Å². The minimum Gasteiger partial charge on any atom is -0.445 e. The zero-order chi connectivity index (χ0) is 23.6. The third-order valence-electron chi connectivity index (χ3n) is 6.08. The van der Waals surface area contributed by atoms with Crippen molar-refractivity contribution >= 4 is 30.4 Å². The van der Waals surface area contributed by atoms with Crippen LogP contribution in [0.15, 0.2) is 58.4 Å². The lowest BCUT2D eigenvalue weighted by atomic mass is 9.77. The summed E-state index contributed by atoms with van der Waals surface area (Å²) >= 11 is 0. The number of nitrogens with zero attached hydrogens (tertiary/aromatic N) is 1. The molecule has 1 saturated heterocycles. The van der Waals surface area contributed by atoms with Crippen LogP contribution in [0.1, 0.15) is 44.7 Å². The molecule has 0 radical (unpaired) electrons. The molecule has 1 N–H and O–H groups in total. The zero-order valence-electron chi connectivity index (χ0n) is 19.7. The Bertz CT molecular complexity index is 1150. The molecule has 7 nitrogen and oxygen atoms in total. The Balaban J connectivity index is 1.52. The highest BCUT2D eigenvalue weighted by Gasteiger charge is 2.52. The SMILES string of the molecule is Cc1nc2cc(C=C(CNC(=O)OCc3ccccc3)B3OC(C)(C)C(C)(C)O3)ccc2o1. The van der Waals surface area contributed by atoms with Gasteiger partial charge in [0, 0.05) is 13.5 Å². The fourth-order valence-corrected chi connectivity index (χ4v) is 3.51. The van der Waals surface area contributed by atoms with Crippen LogP contribution in [0.5, 0.6) is 0 Å². The quantitative estimate of drug-likeness (QED) is 0.530. The zero-order valence-corrected chi connectivity index (χ0v) is 19.7. The van der Waals surface area contributed by atoms with Crippen LogP contribution < -0.4 is 5.32 Å². The number of fused-ring (bicyclic) bond motifs is 1. The number of hydrogen-bond acceptors (Lipinski definition) is 6. The smallest absolute Gasteiger partial charge is 0.445 e. The number of rotatable bonds is 6. The summed E-state index contributed by atoms with van der Waals surface area (Å²) in [6.45, 7) is 10.2. The molecule has 1 aliphatic heterocycles. The number of ether oxygens (including phenoxy) is 1. The number of alkyl carbamates (subject to hydrolysis) is 1. The Morgan fingerprint density at radius 1 is 1.09 bits per heavy atom. The van der Waals surface area contributed by atoms with Gasteiger partial charge < -0.3 is 23.8 Å². The second-order valence-electron chi connectivity index (χ2n) is 9.18. The minimum atomic E-state index is -0.612. The average molecular weight is 448 g/mol. The molecule has 172 valence electrons. The third kappa shape index (κ3) is 5.29. The molecule has 3 aromatic rings. The van der Waals surface area contributed by atoms with E-state index in [-0.39, 0.29) is 13.2 Å². The van der Waals surface area contributed by atoms with Gasteiger partial charge in [0.25, 0.3) is 0 Å². The fraction of sp³-hybridized carbons (Fsp3) is 0.360. The van der Waals surface area contributed by atoms with Gasteiger partial charge in [-0.2, -0.15) is 0 Å². The molecule has 33 heavy (non-hydrogen) atoms. The number of amides is 1. The molecule has 1 aromatic heterocycles. The summed E-state index contributed by atoms with van der Waals surface area (Å²) in [4.78, 5) is 16.8. The van der Waals surface area contributed by atoms with Gasteiger partial charge in [-0.05, 0) is 56.4 Å². The lowest BCUT2D eigenvalue weighted by molar-refractivity contribution is 0.00578. The van der Waals surface area contributed by atoms with Crippen LogP contribution in [0.2, 0.25) is 0 Å². The van der Waals surface area contributed by atoms with Crippen molar-refractivity contribution in [2.45, 2.75) is 52.4 Å². The van der Waals surface area contributed by atoms with Crippen LogP contribution in [0.4, 0.5) is 4.79 Å². The average Bonchev–Trinajstić information content (AvgIpc) is 3.24. The van der Waals surface area contributed by atoms with Gasteiger partial charge in [0.15, 0.2) is 11.5 Å². The third-order valence-corrected chi connectivity index (χ3v) is 6.08. The first-order valence-electron chi connectivity index (χ1n) is 11.0. The van der Waals surface area contributed by atoms with Crippen LogP contribution in [0.25, 0.3) is 17.2 Å². The van der Waals surface area contributed by atoms with Crippen molar-refractivity contribution in [2.24, 2.45) is 0 Å². The molecule has 0 aliphatic carbocycles. The summed E-state index contributed by atoms with van der Waals surface area (Å²) in [7, 11) is -0.612. The molecule has 0 spiro atoms. The number of benzene rings is 2. The molecule has 8 heteroatoms. The summed E-state index contributed by atoms with van der Waals surface area (Å²) in [6, 6.07) is 15.3. The van der Waals surface area contributed by atoms with E-state index in [4.69, 9.17) is 18.5 Å². The van der Waals surface area contributed by atoms with E-state index in [1.54, 1.807) is 0 Å². The first-order chi connectivity index (χ1) is 15.6. The lowest BCUT2D eigenvalue weighted by Crippen LogP contribution is -2.41. The van der Waals surface area contributed by atoms with Crippen molar-refractivity contribution in [3.05, 3.63) is 71.0 Å². The van der Waals surface area contributed by atoms with Crippen molar-refractivity contribution in [1.82, 2.24) is 10.3 Å². The molecular weight excluding hydrogens is 419 g/mol. The van der Waals surface area contributed by atoms with Crippen molar-refractivity contribution in [2.75, 3.05) is 6.54 Å². The van der Waals surface area contributed by atoms with E-state index in [9.17, 15) is 4.79 Å². The number of nitrogens with one attached hydrogen (secondary N) is 1. The predicted octanol–water partition coefficient (Wildman–Crippen LogP) is 5.08. The number of hydrogen-bond donors (Lipinski definition) is 1. The van der Waals surface area contributed by atoms with Gasteiger partial charge in [0.05, 0.1) is 11.2 Å². The van der Waals surface area contributed by atoms with Gasteiger partial charge in [-0.25, -0.2) is 9.78 Å². The van der Waals surface area contributed by atoms with Crippen LogP contribution in [-0.2, 0) is 20.7 Å². The molecule has 0 atom stereocenters. The van der Waals surface area contributed by atoms with E-state index in [1.165, 1.54) is 0 Å². The molecule has 2 aromatic carbocycles. The molecule has 0 unspecified atom stereocenters. The maximum Gasteiger partial charge on any atom is 0.492 e. The van der Waals surface area contributed by atoms with Crippen LogP contribution in [0, 0.1) is 6.92 Å². The van der Waals surface area contributed by atoms with Gasteiger partial charge >= 0.3 is 13.2 Å². The first kappa shape index (κ1) is 23.1. The Kier molecular flexibility index (Phi) is 6.32. The fourth-order valence-electron chi connectivity index (χ4n) is 3.51. The largest absolute Gasteiger partial charge is 0.492 e. The highest BCUT2D eigenvalue weighted by atomic mass is 16.7. The van der Waals surface area contributed by atoms with Crippen molar-refractivity contribution in [3.63, 3.8) is 0 Å². The Labute approximate surface area is 194 Å². The van der Waals surface area contributed by atoms with E-state index < -0.39 is 24.4 Å². The second-order valence-corrected chi connectivity index (χ2v) is 9.18. The van der Waals surface area contributed by atoms with Gasteiger partial charge in [0.2, 0.25) is 0 Å². The highest BCUT2D eigenvalue weighted by Crippen LogP contribution is 2.38. The van der Waals surface area contributed by atoms with E-state index >= 15 is 0 Å². The number of aromatic nitrogens is 1. The molecule has 0 saturated carbocycles. The Morgan fingerprint density at radius 2 is 1.79 bits per heavy atom. The topological polar surface area (TPSA) is 82.8 Å². The molecule has 0 bridgehead atoms. The van der Waals surface area contributed by atoms with E-state index in [2.05, 4.69) is 10.3 Å². The maximum atomic E-state index is 12.4. The second kappa shape index (κ2) is 9.04. The van der Waals surface area contributed by atoms with Crippen molar-refractivity contribution < 1.29 is 23.3 Å². The van der Waals surface area contributed by atoms with Gasteiger partial charge in [-0.3, -0.25) is 0 Å².